The predicted octanol–water partition coefficient (Wildman–Crippen LogP) is 4.93. The van der Waals surface area contributed by atoms with E-state index in [-0.39, 0.29) is 0 Å². The molecule has 4 heteroatoms. The number of thiophene rings is 1. The summed E-state index contributed by atoms with van der Waals surface area (Å²) >= 11 is 3.86. The van der Waals surface area contributed by atoms with Gasteiger partial charge in [-0.3, -0.25) is 0 Å². The van der Waals surface area contributed by atoms with Gasteiger partial charge in [0.15, 0.2) is 0 Å². The van der Waals surface area contributed by atoms with E-state index >= 15 is 0 Å². The molecule has 0 radical (unpaired) electrons. The third-order valence-electron chi connectivity index (χ3n) is 3.49. The molecule has 1 aromatic heterocycles. The number of methoxy groups -OCH3 is 1. The summed E-state index contributed by atoms with van der Waals surface area (Å²) < 4.78 is 6.67. The maximum absolute atomic E-state index is 5.20. The number of thioether (sulfide) groups is 1. The second kappa shape index (κ2) is 6.20. The van der Waals surface area contributed by atoms with E-state index in [1.54, 1.807) is 7.11 Å². The van der Waals surface area contributed by atoms with Gasteiger partial charge in [0, 0.05) is 18.0 Å². The quantitative estimate of drug-likeness (QED) is 0.865. The average Bonchev–Trinajstić information content (AvgIpc) is 2.87. The fourth-order valence-electron chi connectivity index (χ4n) is 2.60. The number of ether oxygens (including phenoxy) is 1. The van der Waals surface area contributed by atoms with Crippen molar-refractivity contribution in [1.82, 2.24) is 0 Å². The van der Waals surface area contributed by atoms with Gasteiger partial charge in [-0.15, -0.1) is 23.1 Å². The first kappa shape index (κ1) is 14.0. The molecule has 20 heavy (non-hydrogen) atoms. The Morgan fingerprint density at radius 3 is 3.10 bits per heavy atom. The summed E-state index contributed by atoms with van der Waals surface area (Å²) in [4.78, 5) is 0. The molecule has 1 N–H and O–H groups in total. The number of anilines is 1. The topological polar surface area (TPSA) is 21.3 Å². The highest BCUT2D eigenvalue weighted by molar-refractivity contribution is 8.01. The van der Waals surface area contributed by atoms with Crippen molar-refractivity contribution in [3.05, 3.63) is 46.8 Å². The molecule has 0 bridgehead atoms. The molecular formula is C16H19NOS2. The van der Waals surface area contributed by atoms with Crippen molar-refractivity contribution in [3.8, 4) is 0 Å². The van der Waals surface area contributed by atoms with Crippen molar-refractivity contribution < 1.29 is 4.74 Å². The standard InChI is InChI=1S/C16H19NOS2/c1-11-8-15(14-6-7-19-16(14)20-11)17-13-5-3-4-12(9-13)10-18-2/h3-7,9,11,15,17H,8,10H2,1-2H3/t11-,15?/m0/s1. The number of rotatable bonds is 4. The summed E-state index contributed by atoms with van der Waals surface area (Å²) in [5.74, 6) is 0. The average molecular weight is 305 g/mol. The van der Waals surface area contributed by atoms with Crippen LogP contribution in [-0.2, 0) is 11.3 Å². The number of nitrogens with one attached hydrogen (secondary N) is 1. The van der Waals surface area contributed by atoms with E-state index in [0.717, 1.165) is 0 Å². The highest BCUT2D eigenvalue weighted by atomic mass is 32.2. The third kappa shape index (κ3) is 3.03. The van der Waals surface area contributed by atoms with Crippen LogP contribution in [0.3, 0.4) is 0 Å². The Labute approximate surface area is 128 Å². The van der Waals surface area contributed by atoms with E-state index in [0.29, 0.717) is 17.9 Å². The third-order valence-corrected chi connectivity index (χ3v) is 5.83. The Kier molecular flexibility index (Phi) is 4.34. The van der Waals surface area contributed by atoms with Crippen LogP contribution in [0.5, 0.6) is 0 Å². The van der Waals surface area contributed by atoms with Crippen LogP contribution in [0.1, 0.15) is 30.5 Å². The minimum absolute atomic E-state index is 0.422. The minimum Gasteiger partial charge on any atom is -0.380 e. The first-order chi connectivity index (χ1) is 9.76. The highest BCUT2D eigenvalue weighted by Crippen LogP contribution is 2.44. The molecule has 1 aliphatic heterocycles. The summed E-state index contributed by atoms with van der Waals surface area (Å²) in [5, 5.41) is 6.56. The zero-order valence-electron chi connectivity index (χ0n) is 11.8. The lowest BCUT2D eigenvalue weighted by atomic mass is 10.0. The van der Waals surface area contributed by atoms with Crippen LogP contribution in [0.25, 0.3) is 0 Å². The van der Waals surface area contributed by atoms with Gasteiger partial charge in [-0.1, -0.05) is 19.1 Å². The first-order valence-corrected chi connectivity index (χ1v) is 8.60. The fourth-order valence-corrected chi connectivity index (χ4v) is 5.17. The summed E-state index contributed by atoms with van der Waals surface area (Å²) in [6.07, 6.45) is 1.17. The largest absolute Gasteiger partial charge is 0.380 e. The van der Waals surface area contributed by atoms with E-state index in [2.05, 4.69) is 48.0 Å². The van der Waals surface area contributed by atoms with Gasteiger partial charge in [0.05, 0.1) is 16.9 Å². The molecule has 1 aliphatic rings. The zero-order valence-corrected chi connectivity index (χ0v) is 13.4. The number of hydrogen-bond donors (Lipinski definition) is 1. The second-order valence-corrected chi connectivity index (χ2v) is 7.78. The molecule has 0 aliphatic carbocycles. The van der Waals surface area contributed by atoms with Crippen LogP contribution in [-0.4, -0.2) is 12.4 Å². The molecule has 2 nitrogen and oxygen atoms in total. The van der Waals surface area contributed by atoms with Crippen molar-refractivity contribution in [3.63, 3.8) is 0 Å². The molecule has 2 atom stereocenters. The van der Waals surface area contributed by atoms with Gasteiger partial charge in [-0.25, -0.2) is 0 Å². The molecule has 0 amide bonds. The fraction of sp³-hybridized carbons (Fsp3) is 0.375. The Morgan fingerprint density at radius 1 is 1.35 bits per heavy atom. The van der Waals surface area contributed by atoms with Crippen molar-refractivity contribution in [2.45, 2.75) is 35.5 Å². The van der Waals surface area contributed by atoms with Crippen LogP contribution >= 0.6 is 23.1 Å². The Morgan fingerprint density at radius 2 is 2.25 bits per heavy atom. The molecule has 0 spiro atoms. The van der Waals surface area contributed by atoms with Crippen molar-refractivity contribution in [2.75, 3.05) is 12.4 Å². The Hall–Kier alpha value is -0.970. The molecular weight excluding hydrogens is 286 g/mol. The van der Waals surface area contributed by atoms with E-state index < -0.39 is 0 Å². The van der Waals surface area contributed by atoms with Crippen LogP contribution in [0.15, 0.2) is 39.9 Å². The van der Waals surface area contributed by atoms with Crippen LogP contribution in [0.4, 0.5) is 5.69 Å². The number of benzene rings is 1. The van der Waals surface area contributed by atoms with E-state index in [1.807, 2.05) is 23.1 Å². The van der Waals surface area contributed by atoms with Gasteiger partial charge in [0.1, 0.15) is 0 Å². The lowest BCUT2D eigenvalue weighted by molar-refractivity contribution is 0.185. The predicted molar refractivity (Wildman–Crippen MR) is 87.8 cm³/mol. The Balaban J connectivity index is 1.80. The van der Waals surface area contributed by atoms with Gasteiger partial charge in [-0.05, 0) is 41.1 Å². The molecule has 1 aromatic carbocycles. The molecule has 0 saturated heterocycles. The highest BCUT2D eigenvalue weighted by Gasteiger charge is 2.26. The maximum atomic E-state index is 5.20. The van der Waals surface area contributed by atoms with Crippen LogP contribution in [0, 0.1) is 0 Å². The van der Waals surface area contributed by atoms with Gasteiger partial charge in [0.2, 0.25) is 0 Å². The smallest absolute Gasteiger partial charge is 0.0713 e. The Bertz CT molecular complexity index is 581. The van der Waals surface area contributed by atoms with Gasteiger partial charge in [-0.2, -0.15) is 0 Å². The van der Waals surface area contributed by atoms with E-state index in [1.165, 1.54) is 27.4 Å². The minimum atomic E-state index is 0.422. The van der Waals surface area contributed by atoms with E-state index in [4.69, 9.17) is 4.74 Å². The van der Waals surface area contributed by atoms with Crippen molar-refractivity contribution in [1.29, 1.82) is 0 Å². The van der Waals surface area contributed by atoms with Crippen molar-refractivity contribution >= 4 is 28.8 Å². The zero-order chi connectivity index (χ0) is 13.9. The molecule has 2 aromatic rings. The molecule has 1 unspecified atom stereocenters. The maximum Gasteiger partial charge on any atom is 0.0713 e. The lowest BCUT2D eigenvalue weighted by Gasteiger charge is -2.28. The van der Waals surface area contributed by atoms with Gasteiger partial charge in [0.25, 0.3) is 0 Å². The first-order valence-electron chi connectivity index (χ1n) is 6.84. The molecule has 2 heterocycles. The SMILES string of the molecule is COCc1cccc(NC2C[C@H](C)Sc3sccc32)c1. The molecule has 0 fully saturated rings. The van der Waals surface area contributed by atoms with E-state index in [9.17, 15) is 0 Å². The summed E-state index contributed by atoms with van der Waals surface area (Å²) in [6.45, 7) is 2.97. The van der Waals surface area contributed by atoms with Gasteiger partial charge >= 0.3 is 0 Å². The molecule has 3 rings (SSSR count). The molecule has 106 valence electrons. The second-order valence-electron chi connectivity index (χ2n) is 5.16. The summed E-state index contributed by atoms with van der Waals surface area (Å²) in [6, 6.07) is 11.2. The molecule has 0 saturated carbocycles. The van der Waals surface area contributed by atoms with Crippen molar-refractivity contribution in [2.24, 2.45) is 0 Å². The number of fused-ring (bicyclic) bond motifs is 1. The van der Waals surface area contributed by atoms with Gasteiger partial charge < -0.3 is 10.1 Å². The van der Waals surface area contributed by atoms with Crippen LogP contribution < -0.4 is 5.32 Å². The summed E-state index contributed by atoms with van der Waals surface area (Å²) in [5.41, 5.74) is 3.84. The summed E-state index contributed by atoms with van der Waals surface area (Å²) in [7, 11) is 1.73. The normalized spacial score (nSPS) is 21.5. The lowest BCUT2D eigenvalue weighted by Crippen LogP contribution is -2.19. The number of hydrogen-bond acceptors (Lipinski definition) is 4. The monoisotopic (exact) mass is 305 g/mol. The van der Waals surface area contributed by atoms with Crippen LogP contribution in [0.2, 0.25) is 0 Å².